The van der Waals surface area contributed by atoms with Crippen LogP contribution in [0.15, 0.2) is 23.6 Å². The van der Waals surface area contributed by atoms with E-state index in [1.54, 1.807) is 18.4 Å². The van der Waals surface area contributed by atoms with Crippen LogP contribution in [0.3, 0.4) is 0 Å². The Hall–Kier alpha value is -1.88. The molecule has 0 aliphatic heterocycles. The zero-order valence-corrected chi connectivity index (χ0v) is 13.3. The molecule has 0 bridgehead atoms. The van der Waals surface area contributed by atoms with Gasteiger partial charge in [0.25, 0.3) is 0 Å². The average Bonchev–Trinajstić information content (AvgIpc) is 2.94. The first-order valence-corrected chi connectivity index (χ1v) is 7.77. The highest BCUT2D eigenvalue weighted by Gasteiger charge is 2.09. The SMILES string of the molecule is CCOC(=O)CCc1csc(-c2ccc(OC)c(C)c2)n1. The Labute approximate surface area is 128 Å². The molecule has 0 aliphatic rings. The van der Waals surface area contributed by atoms with Gasteiger partial charge in [-0.15, -0.1) is 11.3 Å². The molecule has 1 aromatic heterocycles. The van der Waals surface area contributed by atoms with Gasteiger partial charge in [0.1, 0.15) is 10.8 Å². The summed E-state index contributed by atoms with van der Waals surface area (Å²) in [4.78, 5) is 15.9. The molecule has 0 unspecified atom stereocenters. The predicted octanol–water partition coefficient (Wildman–Crippen LogP) is 3.62. The quantitative estimate of drug-likeness (QED) is 0.765. The largest absolute Gasteiger partial charge is 0.496 e. The van der Waals surface area contributed by atoms with Gasteiger partial charge in [-0.1, -0.05) is 0 Å². The molecular weight excluding hydrogens is 286 g/mol. The molecule has 0 aliphatic carbocycles. The number of benzene rings is 1. The van der Waals surface area contributed by atoms with Crippen LogP contribution >= 0.6 is 11.3 Å². The van der Waals surface area contributed by atoms with Gasteiger partial charge in [0.2, 0.25) is 0 Å². The number of carbonyl (C=O) groups is 1. The summed E-state index contributed by atoms with van der Waals surface area (Å²) < 4.78 is 10.2. The maximum absolute atomic E-state index is 11.3. The van der Waals surface area contributed by atoms with Gasteiger partial charge in [0, 0.05) is 17.4 Å². The standard InChI is InChI=1S/C16H19NO3S/c1-4-20-15(18)8-6-13-10-21-16(17-13)12-5-7-14(19-3)11(2)9-12/h5,7,9-10H,4,6,8H2,1-3H3. The van der Waals surface area contributed by atoms with Crippen LogP contribution in [-0.2, 0) is 16.0 Å². The minimum atomic E-state index is -0.174. The van der Waals surface area contributed by atoms with Crippen molar-refractivity contribution in [2.24, 2.45) is 0 Å². The van der Waals surface area contributed by atoms with Gasteiger partial charge in [-0.25, -0.2) is 4.98 Å². The minimum Gasteiger partial charge on any atom is -0.496 e. The lowest BCUT2D eigenvalue weighted by Crippen LogP contribution is -2.05. The summed E-state index contributed by atoms with van der Waals surface area (Å²) in [6.07, 6.45) is 0.989. The number of hydrogen-bond acceptors (Lipinski definition) is 5. The Morgan fingerprint density at radius 1 is 1.38 bits per heavy atom. The van der Waals surface area contributed by atoms with E-state index in [0.29, 0.717) is 19.4 Å². The van der Waals surface area contributed by atoms with Crippen LogP contribution < -0.4 is 4.74 Å². The van der Waals surface area contributed by atoms with Gasteiger partial charge in [-0.2, -0.15) is 0 Å². The fourth-order valence-electron chi connectivity index (χ4n) is 2.03. The Balaban J connectivity index is 2.05. The molecule has 1 aromatic carbocycles. The number of aryl methyl sites for hydroxylation is 2. The van der Waals surface area contributed by atoms with Gasteiger partial charge in [0.05, 0.1) is 25.8 Å². The lowest BCUT2D eigenvalue weighted by atomic mass is 10.1. The van der Waals surface area contributed by atoms with E-state index in [0.717, 1.165) is 27.6 Å². The van der Waals surface area contributed by atoms with E-state index in [9.17, 15) is 4.79 Å². The highest BCUT2D eigenvalue weighted by atomic mass is 32.1. The van der Waals surface area contributed by atoms with E-state index in [2.05, 4.69) is 11.1 Å². The Morgan fingerprint density at radius 3 is 2.86 bits per heavy atom. The first-order valence-electron chi connectivity index (χ1n) is 6.89. The van der Waals surface area contributed by atoms with E-state index in [1.807, 2.05) is 31.4 Å². The normalized spacial score (nSPS) is 10.4. The molecule has 4 nitrogen and oxygen atoms in total. The average molecular weight is 305 g/mol. The lowest BCUT2D eigenvalue weighted by molar-refractivity contribution is -0.143. The van der Waals surface area contributed by atoms with E-state index >= 15 is 0 Å². The molecule has 21 heavy (non-hydrogen) atoms. The first kappa shape index (κ1) is 15.5. The third-order valence-electron chi connectivity index (χ3n) is 3.08. The second-order valence-corrected chi connectivity index (χ2v) is 5.49. The molecule has 0 radical (unpaired) electrons. The Bertz CT molecular complexity index is 622. The zero-order valence-electron chi connectivity index (χ0n) is 12.5. The van der Waals surface area contributed by atoms with Crippen molar-refractivity contribution in [2.45, 2.75) is 26.7 Å². The molecule has 0 spiro atoms. The summed E-state index contributed by atoms with van der Waals surface area (Å²) in [6.45, 7) is 4.24. The number of ether oxygens (including phenoxy) is 2. The minimum absolute atomic E-state index is 0.174. The monoisotopic (exact) mass is 305 g/mol. The number of aromatic nitrogens is 1. The molecule has 112 valence electrons. The van der Waals surface area contributed by atoms with Crippen LogP contribution in [0.2, 0.25) is 0 Å². The Kier molecular flexibility index (Phi) is 5.33. The van der Waals surface area contributed by atoms with Crippen molar-refractivity contribution in [1.82, 2.24) is 4.98 Å². The number of thiazole rings is 1. The molecule has 0 saturated heterocycles. The van der Waals surface area contributed by atoms with Crippen molar-refractivity contribution < 1.29 is 14.3 Å². The summed E-state index contributed by atoms with van der Waals surface area (Å²) in [5.74, 6) is 0.699. The number of methoxy groups -OCH3 is 1. The summed E-state index contributed by atoms with van der Waals surface area (Å²) in [6, 6.07) is 6.01. The van der Waals surface area contributed by atoms with Crippen LogP contribution in [0.1, 0.15) is 24.6 Å². The van der Waals surface area contributed by atoms with Crippen LogP contribution in [0.4, 0.5) is 0 Å². The fraction of sp³-hybridized carbons (Fsp3) is 0.375. The number of nitrogens with zero attached hydrogens (tertiary/aromatic N) is 1. The van der Waals surface area contributed by atoms with Gasteiger partial charge in [0.15, 0.2) is 0 Å². The third-order valence-corrected chi connectivity index (χ3v) is 4.02. The van der Waals surface area contributed by atoms with E-state index in [-0.39, 0.29) is 5.97 Å². The Morgan fingerprint density at radius 2 is 2.19 bits per heavy atom. The zero-order chi connectivity index (χ0) is 15.2. The fourth-order valence-corrected chi connectivity index (χ4v) is 2.88. The molecule has 2 rings (SSSR count). The van der Waals surface area contributed by atoms with Gasteiger partial charge >= 0.3 is 5.97 Å². The van der Waals surface area contributed by atoms with Gasteiger partial charge in [-0.3, -0.25) is 4.79 Å². The smallest absolute Gasteiger partial charge is 0.306 e. The molecule has 0 fully saturated rings. The van der Waals surface area contributed by atoms with Crippen molar-refractivity contribution in [3.8, 4) is 16.3 Å². The summed E-state index contributed by atoms with van der Waals surface area (Å²) in [5.41, 5.74) is 3.08. The highest BCUT2D eigenvalue weighted by molar-refractivity contribution is 7.13. The van der Waals surface area contributed by atoms with Crippen molar-refractivity contribution >= 4 is 17.3 Å². The molecule has 5 heteroatoms. The number of carbonyl (C=O) groups excluding carboxylic acids is 1. The van der Waals surface area contributed by atoms with Gasteiger partial charge < -0.3 is 9.47 Å². The van der Waals surface area contributed by atoms with Gasteiger partial charge in [-0.05, 0) is 37.6 Å². The molecule has 0 amide bonds. The van der Waals surface area contributed by atoms with Crippen molar-refractivity contribution in [1.29, 1.82) is 0 Å². The first-order chi connectivity index (χ1) is 10.1. The molecule has 0 atom stereocenters. The van der Waals surface area contributed by atoms with E-state index in [4.69, 9.17) is 9.47 Å². The summed E-state index contributed by atoms with van der Waals surface area (Å²) >= 11 is 1.59. The summed E-state index contributed by atoms with van der Waals surface area (Å²) in [5, 5.41) is 2.95. The third kappa shape index (κ3) is 4.04. The highest BCUT2D eigenvalue weighted by Crippen LogP contribution is 2.28. The molecule has 0 saturated carbocycles. The molecule has 1 heterocycles. The van der Waals surface area contributed by atoms with E-state index in [1.165, 1.54) is 0 Å². The van der Waals surface area contributed by atoms with Crippen LogP contribution in [-0.4, -0.2) is 24.7 Å². The maximum atomic E-state index is 11.3. The molecular formula is C16H19NO3S. The lowest BCUT2D eigenvalue weighted by Gasteiger charge is -2.05. The van der Waals surface area contributed by atoms with Crippen LogP contribution in [0, 0.1) is 6.92 Å². The second kappa shape index (κ2) is 7.22. The number of rotatable bonds is 6. The summed E-state index contributed by atoms with van der Waals surface area (Å²) in [7, 11) is 1.67. The topological polar surface area (TPSA) is 48.4 Å². The predicted molar refractivity (Wildman–Crippen MR) is 83.8 cm³/mol. The van der Waals surface area contributed by atoms with Crippen molar-refractivity contribution in [3.63, 3.8) is 0 Å². The van der Waals surface area contributed by atoms with Crippen molar-refractivity contribution in [3.05, 3.63) is 34.8 Å². The van der Waals surface area contributed by atoms with Crippen LogP contribution in [0.5, 0.6) is 5.75 Å². The maximum Gasteiger partial charge on any atom is 0.306 e. The molecule has 2 aromatic rings. The van der Waals surface area contributed by atoms with Crippen LogP contribution in [0.25, 0.3) is 10.6 Å². The van der Waals surface area contributed by atoms with Crippen molar-refractivity contribution in [2.75, 3.05) is 13.7 Å². The van der Waals surface area contributed by atoms with E-state index < -0.39 is 0 Å². The number of esters is 1. The molecule has 0 N–H and O–H groups in total. The second-order valence-electron chi connectivity index (χ2n) is 4.63. The number of hydrogen-bond donors (Lipinski definition) is 0.